The second-order valence-electron chi connectivity index (χ2n) is 5.29. The Kier molecular flexibility index (Phi) is 5.32. The predicted octanol–water partition coefficient (Wildman–Crippen LogP) is 1.77. The molecule has 0 fully saturated rings. The molecule has 2 heterocycles. The Hall–Kier alpha value is -1.89. The van der Waals surface area contributed by atoms with E-state index in [9.17, 15) is 0 Å². The standard InChI is InChI=1S/C14H24N6O/c1-4-6-15-14-17-12-11(9-16-19-12)13(18-14)20(10(2)3)7-5-8-21/h9-10,21H,4-8H2,1-3H3,(H2,15,16,17,18,19). The molecule has 7 nitrogen and oxygen atoms in total. The lowest BCUT2D eigenvalue weighted by Crippen LogP contribution is -2.33. The number of aromatic nitrogens is 4. The second-order valence-corrected chi connectivity index (χ2v) is 5.29. The first-order valence-corrected chi connectivity index (χ1v) is 7.49. The fraction of sp³-hybridized carbons (Fsp3) is 0.643. The molecule has 0 aliphatic heterocycles. The van der Waals surface area contributed by atoms with Crippen LogP contribution in [-0.2, 0) is 0 Å². The maximum absolute atomic E-state index is 9.10. The summed E-state index contributed by atoms with van der Waals surface area (Å²) in [6.07, 6.45) is 3.47. The lowest BCUT2D eigenvalue weighted by atomic mass is 10.2. The summed E-state index contributed by atoms with van der Waals surface area (Å²) in [6.45, 7) is 8.08. The Balaban J connectivity index is 2.40. The van der Waals surface area contributed by atoms with Crippen LogP contribution in [0.4, 0.5) is 11.8 Å². The van der Waals surface area contributed by atoms with Crippen molar-refractivity contribution in [1.29, 1.82) is 0 Å². The van der Waals surface area contributed by atoms with Crippen LogP contribution in [0.2, 0.25) is 0 Å². The number of aliphatic hydroxyl groups is 1. The Bertz CT molecular complexity index is 568. The number of fused-ring (bicyclic) bond motifs is 1. The van der Waals surface area contributed by atoms with Gasteiger partial charge in [-0.05, 0) is 26.7 Å². The third kappa shape index (κ3) is 3.60. The van der Waals surface area contributed by atoms with Gasteiger partial charge < -0.3 is 15.3 Å². The Morgan fingerprint density at radius 1 is 1.38 bits per heavy atom. The van der Waals surface area contributed by atoms with Crippen molar-refractivity contribution in [2.45, 2.75) is 39.7 Å². The largest absolute Gasteiger partial charge is 0.396 e. The smallest absolute Gasteiger partial charge is 0.226 e. The van der Waals surface area contributed by atoms with Gasteiger partial charge in [-0.1, -0.05) is 6.92 Å². The predicted molar refractivity (Wildman–Crippen MR) is 84.6 cm³/mol. The summed E-state index contributed by atoms with van der Waals surface area (Å²) in [5.41, 5.74) is 0.730. The summed E-state index contributed by atoms with van der Waals surface area (Å²) < 4.78 is 0. The summed E-state index contributed by atoms with van der Waals surface area (Å²) >= 11 is 0. The maximum Gasteiger partial charge on any atom is 0.226 e. The molecule has 2 aromatic heterocycles. The summed E-state index contributed by atoms with van der Waals surface area (Å²) in [6, 6.07) is 0.281. The third-order valence-electron chi connectivity index (χ3n) is 3.28. The average Bonchev–Trinajstić information content (AvgIpc) is 2.93. The van der Waals surface area contributed by atoms with Gasteiger partial charge in [0.05, 0.1) is 11.6 Å². The van der Waals surface area contributed by atoms with E-state index in [1.807, 2.05) is 0 Å². The van der Waals surface area contributed by atoms with Crippen LogP contribution in [0.1, 0.15) is 33.6 Å². The van der Waals surface area contributed by atoms with Crippen molar-refractivity contribution in [3.63, 3.8) is 0 Å². The number of rotatable bonds is 8. The van der Waals surface area contributed by atoms with Crippen molar-refractivity contribution >= 4 is 22.8 Å². The molecule has 2 aromatic rings. The van der Waals surface area contributed by atoms with E-state index in [2.05, 4.69) is 51.2 Å². The van der Waals surface area contributed by atoms with Crippen LogP contribution in [0.5, 0.6) is 0 Å². The number of H-pyrrole nitrogens is 1. The highest BCUT2D eigenvalue weighted by molar-refractivity contribution is 5.87. The number of anilines is 2. The fourth-order valence-electron chi connectivity index (χ4n) is 2.20. The van der Waals surface area contributed by atoms with Gasteiger partial charge in [0.2, 0.25) is 5.95 Å². The molecular weight excluding hydrogens is 268 g/mol. The van der Waals surface area contributed by atoms with E-state index in [-0.39, 0.29) is 12.6 Å². The maximum atomic E-state index is 9.10. The summed E-state index contributed by atoms with van der Waals surface area (Å²) in [4.78, 5) is 11.3. The Morgan fingerprint density at radius 3 is 2.86 bits per heavy atom. The Labute approximate surface area is 124 Å². The van der Waals surface area contributed by atoms with Gasteiger partial charge in [-0.25, -0.2) is 0 Å². The number of nitrogens with zero attached hydrogens (tertiary/aromatic N) is 4. The lowest BCUT2D eigenvalue weighted by Gasteiger charge is -2.28. The van der Waals surface area contributed by atoms with Gasteiger partial charge in [-0.15, -0.1) is 0 Å². The summed E-state index contributed by atoms with van der Waals surface area (Å²) in [7, 11) is 0. The molecule has 0 aliphatic rings. The van der Waals surface area contributed by atoms with Crippen molar-refractivity contribution in [1.82, 2.24) is 20.2 Å². The van der Waals surface area contributed by atoms with Crippen molar-refractivity contribution in [3.8, 4) is 0 Å². The molecule has 21 heavy (non-hydrogen) atoms. The highest BCUT2D eigenvalue weighted by Crippen LogP contribution is 2.25. The van der Waals surface area contributed by atoms with Gasteiger partial charge in [-0.2, -0.15) is 15.1 Å². The molecule has 0 saturated heterocycles. The highest BCUT2D eigenvalue weighted by Gasteiger charge is 2.18. The molecule has 0 aliphatic carbocycles. The minimum atomic E-state index is 0.170. The molecule has 0 unspecified atom stereocenters. The third-order valence-corrected chi connectivity index (χ3v) is 3.28. The van der Waals surface area contributed by atoms with Crippen LogP contribution in [0.3, 0.4) is 0 Å². The molecule has 0 aromatic carbocycles. The zero-order valence-corrected chi connectivity index (χ0v) is 12.9. The molecule has 0 radical (unpaired) electrons. The number of aliphatic hydroxyl groups excluding tert-OH is 1. The molecule has 3 N–H and O–H groups in total. The molecule has 0 amide bonds. The first kappa shape index (κ1) is 15.5. The van der Waals surface area contributed by atoms with Gasteiger partial charge in [0.1, 0.15) is 5.82 Å². The van der Waals surface area contributed by atoms with Gasteiger partial charge >= 0.3 is 0 Å². The molecular formula is C14H24N6O. The van der Waals surface area contributed by atoms with E-state index in [0.29, 0.717) is 12.4 Å². The van der Waals surface area contributed by atoms with Crippen LogP contribution in [0, 0.1) is 0 Å². The topological polar surface area (TPSA) is 90.0 Å². The molecule has 0 spiro atoms. The first-order chi connectivity index (χ1) is 10.2. The minimum absolute atomic E-state index is 0.170. The van der Waals surface area contributed by atoms with Crippen molar-refractivity contribution < 1.29 is 5.11 Å². The zero-order valence-electron chi connectivity index (χ0n) is 12.9. The van der Waals surface area contributed by atoms with Crippen LogP contribution in [0.25, 0.3) is 11.0 Å². The number of hydrogen-bond donors (Lipinski definition) is 3. The van der Waals surface area contributed by atoms with E-state index in [4.69, 9.17) is 5.11 Å². The van der Waals surface area contributed by atoms with E-state index in [1.54, 1.807) is 6.20 Å². The molecule has 0 bridgehead atoms. The molecule has 0 atom stereocenters. The van der Waals surface area contributed by atoms with Crippen LogP contribution in [0.15, 0.2) is 6.20 Å². The quantitative estimate of drug-likeness (QED) is 0.687. The van der Waals surface area contributed by atoms with E-state index < -0.39 is 0 Å². The van der Waals surface area contributed by atoms with Crippen LogP contribution >= 0.6 is 0 Å². The van der Waals surface area contributed by atoms with Crippen molar-refractivity contribution in [3.05, 3.63) is 6.20 Å². The minimum Gasteiger partial charge on any atom is -0.396 e. The molecule has 2 rings (SSSR count). The van der Waals surface area contributed by atoms with Crippen LogP contribution < -0.4 is 10.2 Å². The van der Waals surface area contributed by atoms with E-state index in [1.165, 1.54) is 0 Å². The normalized spacial score (nSPS) is 11.3. The number of hydrogen-bond acceptors (Lipinski definition) is 6. The van der Waals surface area contributed by atoms with Gasteiger partial charge in [-0.3, -0.25) is 5.10 Å². The van der Waals surface area contributed by atoms with E-state index in [0.717, 1.165) is 36.4 Å². The number of nitrogens with one attached hydrogen (secondary N) is 2. The highest BCUT2D eigenvalue weighted by atomic mass is 16.3. The molecule has 0 saturated carbocycles. The van der Waals surface area contributed by atoms with Crippen molar-refractivity contribution in [2.24, 2.45) is 0 Å². The zero-order chi connectivity index (χ0) is 15.2. The fourth-order valence-corrected chi connectivity index (χ4v) is 2.20. The number of aromatic amines is 1. The van der Waals surface area contributed by atoms with E-state index >= 15 is 0 Å². The second kappa shape index (κ2) is 7.21. The summed E-state index contributed by atoms with van der Waals surface area (Å²) in [5.74, 6) is 1.47. The monoisotopic (exact) mass is 292 g/mol. The Morgan fingerprint density at radius 2 is 2.19 bits per heavy atom. The first-order valence-electron chi connectivity index (χ1n) is 7.49. The van der Waals surface area contributed by atoms with Gasteiger partial charge in [0.15, 0.2) is 5.65 Å². The summed E-state index contributed by atoms with van der Waals surface area (Å²) in [5, 5.41) is 20.2. The molecule has 116 valence electrons. The van der Waals surface area contributed by atoms with Gasteiger partial charge in [0, 0.05) is 25.7 Å². The molecule has 7 heteroatoms. The SMILES string of the molecule is CCCNc1nc(N(CCCO)C(C)C)c2cn[nH]c2n1. The average molecular weight is 292 g/mol. The van der Waals surface area contributed by atoms with Crippen LogP contribution in [-0.4, -0.2) is 51.0 Å². The lowest BCUT2D eigenvalue weighted by molar-refractivity contribution is 0.288. The van der Waals surface area contributed by atoms with Gasteiger partial charge in [0.25, 0.3) is 0 Å². The van der Waals surface area contributed by atoms with Crippen molar-refractivity contribution in [2.75, 3.05) is 29.9 Å².